The molecule has 0 atom stereocenters. The molecule has 2 N–H and O–H groups in total. The highest BCUT2D eigenvalue weighted by Gasteiger charge is 2.16. The number of hydrogen-bond donors (Lipinski definition) is 2. The molecule has 0 bridgehead atoms. The summed E-state index contributed by atoms with van der Waals surface area (Å²) in [5, 5.41) is 7.64. The molecule has 0 aliphatic rings. The van der Waals surface area contributed by atoms with Crippen LogP contribution in [0.1, 0.15) is 15.9 Å². The van der Waals surface area contributed by atoms with Gasteiger partial charge in [-0.1, -0.05) is 42.5 Å². The molecule has 164 valence electrons. The monoisotopic (exact) mass is 448 g/mol. The molecule has 8 heteroatoms. The molecule has 0 saturated heterocycles. The van der Waals surface area contributed by atoms with Crippen LogP contribution in [0.2, 0.25) is 0 Å². The highest BCUT2D eigenvalue weighted by atomic mass is 32.1. The van der Waals surface area contributed by atoms with Crippen LogP contribution in [0.25, 0.3) is 11.1 Å². The molecule has 0 spiro atoms. The number of rotatable bonds is 9. The standard InChI is InChI=1S/C24H24N4O3S/c1-3-11-28(16-21(29)25-2)22(30)14-17-6-4-7-18(13-17)19-8-5-9-20(15-19)23(31)27-24-26-10-12-32-24/h3-10,12-13,15H,1,11,14,16H2,2H3,(H,25,29)(H,26,27,31). The summed E-state index contributed by atoms with van der Waals surface area (Å²) in [5.74, 6) is -0.633. The van der Waals surface area contributed by atoms with E-state index in [0.29, 0.717) is 17.2 Å². The minimum atomic E-state index is -0.234. The molecule has 0 fully saturated rings. The van der Waals surface area contributed by atoms with Crippen LogP contribution in [0.3, 0.4) is 0 Å². The van der Waals surface area contributed by atoms with Gasteiger partial charge >= 0.3 is 0 Å². The molecule has 1 heterocycles. The fraction of sp³-hybridized carbons (Fsp3) is 0.167. The Balaban J connectivity index is 1.75. The predicted octanol–water partition coefficient (Wildman–Crippen LogP) is 3.37. The number of nitrogens with zero attached hydrogens (tertiary/aromatic N) is 2. The summed E-state index contributed by atoms with van der Waals surface area (Å²) in [6, 6.07) is 14.9. The molecule has 0 aliphatic heterocycles. The number of carbonyl (C=O) groups is 3. The number of carbonyl (C=O) groups excluding carboxylic acids is 3. The van der Waals surface area contributed by atoms with E-state index in [1.165, 1.54) is 23.3 Å². The maximum absolute atomic E-state index is 12.7. The van der Waals surface area contributed by atoms with Crippen molar-refractivity contribution in [2.75, 3.05) is 25.5 Å². The highest BCUT2D eigenvalue weighted by molar-refractivity contribution is 7.13. The van der Waals surface area contributed by atoms with Crippen molar-refractivity contribution in [2.24, 2.45) is 0 Å². The van der Waals surface area contributed by atoms with Gasteiger partial charge in [0.25, 0.3) is 5.91 Å². The molecular weight excluding hydrogens is 424 g/mol. The van der Waals surface area contributed by atoms with Crippen molar-refractivity contribution >= 4 is 34.2 Å². The van der Waals surface area contributed by atoms with E-state index in [4.69, 9.17) is 0 Å². The third kappa shape index (κ3) is 6.12. The molecule has 7 nitrogen and oxygen atoms in total. The van der Waals surface area contributed by atoms with E-state index in [1.807, 2.05) is 36.4 Å². The van der Waals surface area contributed by atoms with E-state index in [0.717, 1.165) is 16.7 Å². The lowest BCUT2D eigenvalue weighted by Gasteiger charge is -2.20. The summed E-state index contributed by atoms with van der Waals surface area (Å²) in [4.78, 5) is 42.5. The molecule has 3 rings (SSSR count). The maximum Gasteiger partial charge on any atom is 0.257 e. The zero-order chi connectivity index (χ0) is 22.9. The summed E-state index contributed by atoms with van der Waals surface area (Å²) in [6.45, 7) is 3.94. The highest BCUT2D eigenvalue weighted by Crippen LogP contribution is 2.23. The number of aromatic nitrogens is 1. The topological polar surface area (TPSA) is 91.4 Å². The van der Waals surface area contributed by atoms with Gasteiger partial charge in [0.15, 0.2) is 5.13 Å². The Morgan fingerprint density at radius 3 is 2.56 bits per heavy atom. The first-order valence-corrected chi connectivity index (χ1v) is 10.9. The molecule has 0 saturated carbocycles. The van der Waals surface area contributed by atoms with Gasteiger partial charge in [-0.2, -0.15) is 0 Å². The largest absolute Gasteiger partial charge is 0.358 e. The van der Waals surface area contributed by atoms with E-state index < -0.39 is 0 Å². The number of hydrogen-bond acceptors (Lipinski definition) is 5. The Morgan fingerprint density at radius 2 is 1.88 bits per heavy atom. The van der Waals surface area contributed by atoms with Crippen LogP contribution in [0, 0.1) is 0 Å². The quantitative estimate of drug-likeness (QED) is 0.491. The third-order valence-corrected chi connectivity index (χ3v) is 5.40. The van der Waals surface area contributed by atoms with E-state index in [9.17, 15) is 14.4 Å². The Kier molecular flexibility index (Phi) is 7.88. The van der Waals surface area contributed by atoms with Crippen molar-refractivity contribution in [3.8, 4) is 11.1 Å². The Labute approximate surface area is 190 Å². The maximum atomic E-state index is 12.7. The average Bonchev–Trinajstić information content (AvgIpc) is 3.32. The zero-order valence-electron chi connectivity index (χ0n) is 17.7. The summed E-state index contributed by atoms with van der Waals surface area (Å²) in [6.07, 6.45) is 3.39. The summed E-state index contributed by atoms with van der Waals surface area (Å²) >= 11 is 1.35. The van der Waals surface area contributed by atoms with Gasteiger partial charge in [0, 0.05) is 30.7 Å². The van der Waals surface area contributed by atoms with E-state index in [2.05, 4.69) is 22.2 Å². The number of benzene rings is 2. The second-order valence-corrected chi connectivity index (χ2v) is 7.88. The molecular formula is C24H24N4O3S. The molecule has 1 aromatic heterocycles. The minimum absolute atomic E-state index is 0.0166. The van der Waals surface area contributed by atoms with Crippen LogP contribution in [0.15, 0.2) is 72.8 Å². The smallest absolute Gasteiger partial charge is 0.257 e. The van der Waals surface area contributed by atoms with Crippen LogP contribution in [0.4, 0.5) is 5.13 Å². The van der Waals surface area contributed by atoms with Crippen LogP contribution < -0.4 is 10.6 Å². The van der Waals surface area contributed by atoms with Crippen LogP contribution >= 0.6 is 11.3 Å². The van der Waals surface area contributed by atoms with Gasteiger partial charge in [-0.05, 0) is 28.8 Å². The van der Waals surface area contributed by atoms with Crippen LogP contribution in [-0.2, 0) is 16.0 Å². The lowest BCUT2D eigenvalue weighted by molar-refractivity contribution is -0.134. The van der Waals surface area contributed by atoms with Crippen molar-refractivity contribution in [1.82, 2.24) is 15.2 Å². The zero-order valence-corrected chi connectivity index (χ0v) is 18.5. The lowest BCUT2D eigenvalue weighted by Crippen LogP contribution is -2.40. The fourth-order valence-electron chi connectivity index (χ4n) is 3.10. The number of amides is 3. The molecule has 0 radical (unpaired) electrons. The van der Waals surface area contributed by atoms with E-state index >= 15 is 0 Å². The molecule has 0 aliphatic carbocycles. The first kappa shape index (κ1) is 22.9. The SMILES string of the molecule is C=CCN(CC(=O)NC)C(=O)Cc1cccc(-c2cccc(C(=O)Nc3nccs3)c2)c1. The van der Waals surface area contributed by atoms with Gasteiger partial charge in [0.1, 0.15) is 0 Å². The number of anilines is 1. The second-order valence-electron chi connectivity index (χ2n) is 6.99. The van der Waals surface area contributed by atoms with Crippen molar-refractivity contribution < 1.29 is 14.4 Å². The first-order valence-electron chi connectivity index (χ1n) is 9.99. The van der Waals surface area contributed by atoms with Gasteiger partial charge in [0.05, 0.1) is 13.0 Å². The summed E-state index contributed by atoms with van der Waals surface area (Å²) in [7, 11) is 1.54. The van der Waals surface area contributed by atoms with Crippen molar-refractivity contribution in [2.45, 2.75) is 6.42 Å². The lowest BCUT2D eigenvalue weighted by atomic mass is 9.99. The van der Waals surface area contributed by atoms with Gasteiger partial charge in [-0.25, -0.2) is 4.98 Å². The molecule has 0 unspecified atom stereocenters. The Morgan fingerprint density at radius 1 is 1.12 bits per heavy atom. The third-order valence-electron chi connectivity index (χ3n) is 4.71. The number of nitrogens with one attached hydrogen (secondary N) is 2. The van der Waals surface area contributed by atoms with Gasteiger partial charge in [-0.15, -0.1) is 17.9 Å². The molecule has 3 aromatic rings. The predicted molar refractivity (Wildman–Crippen MR) is 126 cm³/mol. The number of likely N-dealkylation sites (N-methyl/N-ethyl adjacent to an activating group) is 1. The summed E-state index contributed by atoms with van der Waals surface area (Å²) in [5.41, 5.74) is 3.08. The normalized spacial score (nSPS) is 10.3. The Bertz CT molecular complexity index is 1110. The molecule has 2 aromatic carbocycles. The van der Waals surface area contributed by atoms with Crippen molar-refractivity contribution in [3.05, 3.63) is 83.9 Å². The Hall–Kier alpha value is -3.78. The second kappa shape index (κ2) is 11.0. The van der Waals surface area contributed by atoms with E-state index in [-0.39, 0.29) is 30.7 Å². The first-order chi connectivity index (χ1) is 15.5. The van der Waals surface area contributed by atoms with Crippen LogP contribution in [0.5, 0.6) is 0 Å². The van der Waals surface area contributed by atoms with E-state index in [1.54, 1.807) is 29.8 Å². The molecule has 32 heavy (non-hydrogen) atoms. The van der Waals surface area contributed by atoms with Gasteiger partial charge in [-0.3, -0.25) is 19.7 Å². The molecule has 3 amide bonds. The average molecular weight is 449 g/mol. The minimum Gasteiger partial charge on any atom is -0.358 e. The fourth-order valence-corrected chi connectivity index (χ4v) is 3.63. The van der Waals surface area contributed by atoms with Crippen LogP contribution in [-0.4, -0.2) is 47.7 Å². The number of thiazole rings is 1. The summed E-state index contributed by atoms with van der Waals surface area (Å²) < 4.78 is 0. The van der Waals surface area contributed by atoms with Crippen molar-refractivity contribution in [1.29, 1.82) is 0 Å². The van der Waals surface area contributed by atoms with Gasteiger partial charge in [0.2, 0.25) is 11.8 Å². The van der Waals surface area contributed by atoms with Gasteiger partial charge < -0.3 is 10.2 Å². The van der Waals surface area contributed by atoms with Crippen molar-refractivity contribution in [3.63, 3.8) is 0 Å².